The number of nitrogens with one attached hydrogen (secondary N) is 2. The van der Waals surface area contributed by atoms with Crippen molar-refractivity contribution in [3.8, 4) is 0 Å². The van der Waals surface area contributed by atoms with E-state index < -0.39 is 10.0 Å². The molecule has 0 spiro atoms. The molecule has 21 heavy (non-hydrogen) atoms. The van der Waals surface area contributed by atoms with Gasteiger partial charge in [0.25, 0.3) is 10.0 Å². The van der Waals surface area contributed by atoms with Crippen molar-refractivity contribution in [2.45, 2.75) is 18.4 Å². The highest BCUT2D eigenvalue weighted by atomic mass is 35.5. The lowest BCUT2D eigenvalue weighted by atomic mass is 10.2. The van der Waals surface area contributed by atoms with Crippen LogP contribution in [0, 0.1) is 0 Å². The Kier molecular flexibility index (Phi) is 5.22. The molecule has 0 aromatic heterocycles. The van der Waals surface area contributed by atoms with Crippen LogP contribution in [0.2, 0.25) is 5.02 Å². The van der Waals surface area contributed by atoms with E-state index in [1.54, 1.807) is 36.4 Å². The van der Waals surface area contributed by atoms with Crippen LogP contribution in [0.1, 0.15) is 12.5 Å². The van der Waals surface area contributed by atoms with E-state index >= 15 is 0 Å². The minimum Gasteiger partial charge on any atom is -0.313 e. The molecule has 0 radical (unpaired) electrons. The molecule has 0 heterocycles. The van der Waals surface area contributed by atoms with Gasteiger partial charge in [-0.2, -0.15) is 0 Å². The molecule has 2 aromatic carbocycles. The molecule has 112 valence electrons. The second-order valence-corrected chi connectivity index (χ2v) is 6.59. The summed E-state index contributed by atoms with van der Waals surface area (Å²) in [4.78, 5) is 0.198. The fraction of sp³-hybridized carbons (Fsp3) is 0.200. The van der Waals surface area contributed by atoms with Crippen LogP contribution < -0.4 is 10.0 Å². The van der Waals surface area contributed by atoms with Gasteiger partial charge in [0.05, 0.1) is 4.90 Å². The first-order valence-electron chi connectivity index (χ1n) is 6.60. The van der Waals surface area contributed by atoms with Crippen molar-refractivity contribution in [3.05, 3.63) is 59.1 Å². The van der Waals surface area contributed by atoms with Gasteiger partial charge in [-0.15, -0.1) is 0 Å². The van der Waals surface area contributed by atoms with Crippen molar-refractivity contribution in [2.75, 3.05) is 11.3 Å². The first-order chi connectivity index (χ1) is 10.0. The molecule has 2 aromatic rings. The minimum absolute atomic E-state index is 0.198. The predicted molar refractivity (Wildman–Crippen MR) is 86.1 cm³/mol. The average Bonchev–Trinajstić information content (AvgIpc) is 2.47. The Bertz CT molecular complexity index is 703. The van der Waals surface area contributed by atoms with Crippen LogP contribution in [0.3, 0.4) is 0 Å². The van der Waals surface area contributed by atoms with Crippen LogP contribution >= 0.6 is 11.6 Å². The standard InChI is InChI=1S/C15H17ClN2O2S/c1-2-17-11-12-10-14(8-9-15(12)16)21(19,20)18-13-6-4-3-5-7-13/h3-10,17-18H,2,11H2,1H3. The van der Waals surface area contributed by atoms with Gasteiger partial charge in [0.1, 0.15) is 0 Å². The maximum atomic E-state index is 12.4. The zero-order valence-electron chi connectivity index (χ0n) is 11.6. The summed E-state index contributed by atoms with van der Waals surface area (Å²) in [6.07, 6.45) is 0. The van der Waals surface area contributed by atoms with Gasteiger partial charge in [0.2, 0.25) is 0 Å². The summed E-state index contributed by atoms with van der Waals surface area (Å²) >= 11 is 6.09. The Balaban J connectivity index is 2.27. The van der Waals surface area contributed by atoms with Crippen molar-refractivity contribution in [3.63, 3.8) is 0 Å². The van der Waals surface area contributed by atoms with E-state index in [-0.39, 0.29) is 4.90 Å². The Morgan fingerprint density at radius 3 is 2.48 bits per heavy atom. The van der Waals surface area contributed by atoms with Gasteiger partial charge in [0, 0.05) is 17.3 Å². The third-order valence-electron chi connectivity index (χ3n) is 2.92. The molecule has 0 bridgehead atoms. The van der Waals surface area contributed by atoms with E-state index in [1.807, 2.05) is 13.0 Å². The molecular weight excluding hydrogens is 308 g/mol. The number of hydrogen-bond acceptors (Lipinski definition) is 3. The number of rotatable bonds is 6. The molecule has 0 fully saturated rings. The fourth-order valence-electron chi connectivity index (χ4n) is 1.83. The van der Waals surface area contributed by atoms with E-state index in [2.05, 4.69) is 10.0 Å². The van der Waals surface area contributed by atoms with Crippen molar-refractivity contribution >= 4 is 27.3 Å². The van der Waals surface area contributed by atoms with E-state index in [9.17, 15) is 8.42 Å². The van der Waals surface area contributed by atoms with Crippen molar-refractivity contribution in [2.24, 2.45) is 0 Å². The van der Waals surface area contributed by atoms with Crippen molar-refractivity contribution < 1.29 is 8.42 Å². The summed E-state index contributed by atoms with van der Waals surface area (Å²) in [5, 5.41) is 3.68. The molecule has 0 aliphatic rings. The van der Waals surface area contributed by atoms with E-state index in [4.69, 9.17) is 11.6 Å². The highest BCUT2D eigenvalue weighted by molar-refractivity contribution is 7.92. The van der Waals surface area contributed by atoms with Crippen LogP contribution in [-0.4, -0.2) is 15.0 Å². The lowest BCUT2D eigenvalue weighted by Crippen LogP contribution is -2.15. The third kappa shape index (κ3) is 4.20. The van der Waals surface area contributed by atoms with Crippen molar-refractivity contribution in [1.29, 1.82) is 0 Å². The molecule has 0 amide bonds. The molecule has 0 unspecified atom stereocenters. The second-order valence-electron chi connectivity index (χ2n) is 4.51. The third-order valence-corrected chi connectivity index (χ3v) is 4.67. The van der Waals surface area contributed by atoms with Gasteiger partial charge in [-0.25, -0.2) is 8.42 Å². The van der Waals surface area contributed by atoms with Crippen LogP contribution in [0.15, 0.2) is 53.4 Å². The van der Waals surface area contributed by atoms with E-state index in [0.717, 1.165) is 12.1 Å². The van der Waals surface area contributed by atoms with E-state index in [0.29, 0.717) is 17.3 Å². The molecule has 2 rings (SSSR count). The zero-order chi connectivity index (χ0) is 15.3. The number of para-hydroxylation sites is 1. The number of anilines is 1. The van der Waals surface area contributed by atoms with Crippen LogP contribution in [0.25, 0.3) is 0 Å². The Morgan fingerprint density at radius 2 is 1.81 bits per heavy atom. The Morgan fingerprint density at radius 1 is 1.10 bits per heavy atom. The number of benzene rings is 2. The predicted octanol–water partition coefficient (Wildman–Crippen LogP) is 3.25. The summed E-state index contributed by atoms with van der Waals surface area (Å²) in [7, 11) is -3.61. The lowest BCUT2D eigenvalue weighted by Gasteiger charge is -2.11. The summed E-state index contributed by atoms with van der Waals surface area (Å²) in [6, 6.07) is 13.5. The van der Waals surface area contributed by atoms with Crippen LogP contribution in [0.4, 0.5) is 5.69 Å². The quantitative estimate of drug-likeness (QED) is 0.857. The lowest BCUT2D eigenvalue weighted by molar-refractivity contribution is 0.601. The molecule has 0 atom stereocenters. The minimum atomic E-state index is -3.61. The van der Waals surface area contributed by atoms with Gasteiger partial charge in [-0.3, -0.25) is 4.72 Å². The maximum absolute atomic E-state index is 12.4. The Labute approximate surface area is 130 Å². The van der Waals surface area contributed by atoms with Crippen LogP contribution in [-0.2, 0) is 16.6 Å². The molecule has 2 N–H and O–H groups in total. The maximum Gasteiger partial charge on any atom is 0.261 e. The molecule has 6 heteroatoms. The van der Waals surface area contributed by atoms with Crippen molar-refractivity contribution in [1.82, 2.24) is 5.32 Å². The first kappa shape index (κ1) is 15.8. The molecule has 0 aliphatic heterocycles. The summed E-state index contributed by atoms with van der Waals surface area (Å²) in [5.41, 5.74) is 1.29. The second kappa shape index (κ2) is 6.93. The average molecular weight is 325 g/mol. The number of sulfonamides is 1. The highest BCUT2D eigenvalue weighted by Gasteiger charge is 2.15. The summed E-state index contributed by atoms with van der Waals surface area (Å²) < 4.78 is 27.3. The van der Waals surface area contributed by atoms with Gasteiger partial charge in [-0.05, 0) is 42.4 Å². The normalized spacial score (nSPS) is 11.3. The Hall–Kier alpha value is -1.56. The monoisotopic (exact) mass is 324 g/mol. The number of hydrogen-bond donors (Lipinski definition) is 2. The topological polar surface area (TPSA) is 58.2 Å². The van der Waals surface area contributed by atoms with Gasteiger partial charge in [-0.1, -0.05) is 36.7 Å². The molecular formula is C15H17ClN2O2S. The smallest absolute Gasteiger partial charge is 0.261 e. The van der Waals surface area contributed by atoms with Gasteiger partial charge < -0.3 is 5.32 Å². The van der Waals surface area contributed by atoms with Gasteiger partial charge >= 0.3 is 0 Å². The summed E-state index contributed by atoms with van der Waals surface area (Å²) in [5.74, 6) is 0. The largest absolute Gasteiger partial charge is 0.313 e. The fourth-order valence-corrected chi connectivity index (χ4v) is 3.13. The van der Waals surface area contributed by atoms with E-state index in [1.165, 1.54) is 6.07 Å². The first-order valence-corrected chi connectivity index (χ1v) is 8.46. The highest BCUT2D eigenvalue weighted by Crippen LogP contribution is 2.22. The zero-order valence-corrected chi connectivity index (χ0v) is 13.2. The van der Waals surface area contributed by atoms with Gasteiger partial charge in [0.15, 0.2) is 0 Å². The number of halogens is 1. The molecule has 4 nitrogen and oxygen atoms in total. The summed E-state index contributed by atoms with van der Waals surface area (Å²) in [6.45, 7) is 3.30. The van der Waals surface area contributed by atoms with Crippen LogP contribution in [0.5, 0.6) is 0 Å². The molecule has 0 aliphatic carbocycles. The molecule has 0 saturated carbocycles. The molecule has 0 saturated heterocycles. The SMILES string of the molecule is CCNCc1cc(S(=O)(=O)Nc2ccccc2)ccc1Cl.